The predicted octanol–water partition coefficient (Wildman–Crippen LogP) is 3.65. The highest BCUT2D eigenvalue weighted by Crippen LogP contribution is 2.36. The molecule has 2 aromatic rings. The fourth-order valence-corrected chi connectivity index (χ4v) is 4.88. The standard InChI is InChI=1S/C25H30F3N5O2/c26-25(27,28)21-6-1-11-30-23(21)33-13-3-5-19(16-33)24(35)31-20-9-7-17(8-10-20)14-32-12-2-4-18(15-32)22(29)34/h1,6-11,18-19H,2-5,12-16H2,(H2,29,34)(H,31,35). The third-order valence-electron chi connectivity index (χ3n) is 6.72. The highest BCUT2D eigenvalue weighted by molar-refractivity contribution is 5.93. The Bertz CT molecular complexity index is 1040. The second-order valence-corrected chi connectivity index (χ2v) is 9.32. The maximum Gasteiger partial charge on any atom is 0.419 e. The number of nitrogens with one attached hydrogen (secondary N) is 1. The van der Waals surface area contributed by atoms with Crippen LogP contribution in [0.4, 0.5) is 24.7 Å². The van der Waals surface area contributed by atoms with Crippen molar-refractivity contribution in [3.63, 3.8) is 0 Å². The summed E-state index contributed by atoms with van der Waals surface area (Å²) in [6.07, 6.45) is -0.197. The van der Waals surface area contributed by atoms with Crippen LogP contribution in [0, 0.1) is 11.8 Å². The van der Waals surface area contributed by atoms with Crippen molar-refractivity contribution in [3.05, 3.63) is 53.7 Å². The maximum absolute atomic E-state index is 13.4. The van der Waals surface area contributed by atoms with Gasteiger partial charge in [-0.05, 0) is 62.1 Å². The van der Waals surface area contributed by atoms with Gasteiger partial charge in [-0.15, -0.1) is 0 Å². The van der Waals surface area contributed by atoms with E-state index in [1.165, 1.54) is 12.3 Å². The predicted molar refractivity (Wildman–Crippen MR) is 126 cm³/mol. The molecule has 188 valence electrons. The number of alkyl halides is 3. The minimum absolute atomic E-state index is 0.115. The number of halogens is 3. The van der Waals surface area contributed by atoms with E-state index in [1.54, 1.807) is 4.90 Å². The second kappa shape index (κ2) is 10.6. The molecule has 2 aliphatic rings. The smallest absolute Gasteiger partial charge is 0.369 e. The quantitative estimate of drug-likeness (QED) is 0.646. The van der Waals surface area contributed by atoms with Gasteiger partial charge >= 0.3 is 6.18 Å². The van der Waals surface area contributed by atoms with Gasteiger partial charge in [-0.2, -0.15) is 13.2 Å². The number of nitrogens with two attached hydrogens (primary N) is 1. The Balaban J connectivity index is 1.35. The van der Waals surface area contributed by atoms with Crippen LogP contribution in [0.1, 0.15) is 36.8 Å². The van der Waals surface area contributed by atoms with Crippen LogP contribution in [0.15, 0.2) is 42.6 Å². The summed E-state index contributed by atoms with van der Waals surface area (Å²) in [5.41, 5.74) is 6.37. The van der Waals surface area contributed by atoms with Gasteiger partial charge in [0.25, 0.3) is 0 Å². The number of primary amides is 1. The number of rotatable bonds is 6. The summed E-state index contributed by atoms with van der Waals surface area (Å²) in [6.45, 7) is 2.86. The molecular weight excluding hydrogens is 459 g/mol. The van der Waals surface area contributed by atoms with Crippen LogP contribution in [-0.4, -0.2) is 47.9 Å². The summed E-state index contributed by atoms with van der Waals surface area (Å²) < 4.78 is 40.2. The fraction of sp³-hybridized carbons (Fsp3) is 0.480. The number of carbonyl (C=O) groups excluding carboxylic acids is 2. The first-order valence-electron chi connectivity index (χ1n) is 11.9. The Kier molecular flexibility index (Phi) is 7.59. The third-order valence-corrected chi connectivity index (χ3v) is 6.72. The van der Waals surface area contributed by atoms with Crippen molar-refractivity contribution in [1.29, 1.82) is 0 Å². The van der Waals surface area contributed by atoms with Crippen molar-refractivity contribution < 1.29 is 22.8 Å². The summed E-state index contributed by atoms with van der Waals surface area (Å²) in [4.78, 5) is 32.1. The van der Waals surface area contributed by atoms with E-state index in [-0.39, 0.29) is 30.1 Å². The molecule has 1 aromatic heterocycles. The second-order valence-electron chi connectivity index (χ2n) is 9.32. The summed E-state index contributed by atoms with van der Waals surface area (Å²) >= 11 is 0. The topological polar surface area (TPSA) is 91.6 Å². The monoisotopic (exact) mass is 489 g/mol. The number of amides is 2. The average molecular weight is 490 g/mol. The van der Waals surface area contributed by atoms with Gasteiger partial charge in [0, 0.05) is 38.1 Å². The van der Waals surface area contributed by atoms with Crippen molar-refractivity contribution in [2.45, 2.75) is 38.4 Å². The number of nitrogens with zero attached hydrogens (tertiary/aromatic N) is 3. The number of likely N-dealkylation sites (tertiary alicyclic amines) is 1. The zero-order valence-electron chi connectivity index (χ0n) is 19.4. The summed E-state index contributed by atoms with van der Waals surface area (Å²) in [7, 11) is 0. The van der Waals surface area contributed by atoms with E-state index in [1.807, 2.05) is 24.3 Å². The fourth-order valence-electron chi connectivity index (χ4n) is 4.88. The maximum atomic E-state index is 13.4. The molecule has 0 spiro atoms. The average Bonchev–Trinajstić information content (AvgIpc) is 2.85. The summed E-state index contributed by atoms with van der Waals surface area (Å²) in [6, 6.07) is 9.80. The van der Waals surface area contributed by atoms with Gasteiger partial charge in [0.2, 0.25) is 11.8 Å². The van der Waals surface area contributed by atoms with E-state index in [9.17, 15) is 22.8 Å². The van der Waals surface area contributed by atoms with E-state index in [0.29, 0.717) is 38.2 Å². The molecule has 7 nitrogen and oxygen atoms in total. The zero-order chi connectivity index (χ0) is 25.0. The zero-order valence-corrected chi connectivity index (χ0v) is 19.4. The number of anilines is 2. The van der Waals surface area contributed by atoms with Crippen molar-refractivity contribution in [1.82, 2.24) is 9.88 Å². The summed E-state index contributed by atoms with van der Waals surface area (Å²) in [5.74, 6) is -1.15. The van der Waals surface area contributed by atoms with Gasteiger partial charge in [-0.25, -0.2) is 4.98 Å². The molecule has 3 heterocycles. The van der Waals surface area contributed by atoms with Crippen LogP contribution in [0.2, 0.25) is 0 Å². The van der Waals surface area contributed by atoms with Gasteiger partial charge in [0.05, 0.1) is 17.4 Å². The molecular formula is C25H30F3N5O2. The molecule has 1 aromatic carbocycles. The Hall–Kier alpha value is -3.14. The number of hydrogen-bond donors (Lipinski definition) is 2. The van der Waals surface area contributed by atoms with Crippen molar-refractivity contribution >= 4 is 23.3 Å². The van der Waals surface area contributed by atoms with Gasteiger partial charge in [-0.1, -0.05) is 12.1 Å². The Morgan fingerprint density at radius 1 is 1.03 bits per heavy atom. The molecule has 0 saturated carbocycles. The molecule has 0 radical (unpaired) electrons. The first-order valence-corrected chi connectivity index (χ1v) is 11.9. The van der Waals surface area contributed by atoms with Crippen LogP contribution in [0.25, 0.3) is 0 Å². The SMILES string of the molecule is NC(=O)C1CCCN(Cc2ccc(NC(=O)C3CCCN(c4ncccc4C(F)(F)F)C3)cc2)C1. The minimum atomic E-state index is -4.50. The lowest BCUT2D eigenvalue weighted by Crippen LogP contribution is -2.42. The van der Waals surface area contributed by atoms with Crippen LogP contribution in [0.3, 0.4) is 0 Å². The van der Waals surface area contributed by atoms with E-state index in [0.717, 1.165) is 31.0 Å². The normalized spacial score (nSPS) is 21.5. The Morgan fingerprint density at radius 2 is 1.74 bits per heavy atom. The van der Waals surface area contributed by atoms with Crippen molar-refractivity contribution in [3.8, 4) is 0 Å². The molecule has 35 heavy (non-hydrogen) atoms. The molecule has 0 aliphatic carbocycles. The van der Waals surface area contributed by atoms with Gasteiger partial charge in [0.1, 0.15) is 5.82 Å². The van der Waals surface area contributed by atoms with E-state index in [4.69, 9.17) is 5.73 Å². The molecule has 0 bridgehead atoms. The van der Waals surface area contributed by atoms with Crippen LogP contribution < -0.4 is 16.0 Å². The molecule has 4 rings (SSSR count). The molecule has 2 saturated heterocycles. The van der Waals surface area contributed by atoms with Crippen LogP contribution in [0.5, 0.6) is 0 Å². The number of aromatic nitrogens is 1. The lowest BCUT2D eigenvalue weighted by molar-refractivity contribution is -0.137. The minimum Gasteiger partial charge on any atom is -0.369 e. The van der Waals surface area contributed by atoms with Gasteiger partial charge in [-0.3, -0.25) is 14.5 Å². The van der Waals surface area contributed by atoms with E-state index >= 15 is 0 Å². The van der Waals surface area contributed by atoms with Crippen LogP contribution in [-0.2, 0) is 22.3 Å². The molecule has 3 N–H and O–H groups in total. The number of carbonyl (C=O) groups is 2. The van der Waals surface area contributed by atoms with Crippen LogP contribution >= 0.6 is 0 Å². The lowest BCUT2D eigenvalue weighted by atomic mass is 9.96. The number of benzene rings is 1. The molecule has 2 unspecified atom stereocenters. The molecule has 2 aliphatic heterocycles. The lowest BCUT2D eigenvalue weighted by Gasteiger charge is -2.34. The van der Waals surface area contributed by atoms with Gasteiger partial charge < -0.3 is 16.0 Å². The largest absolute Gasteiger partial charge is 0.419 e. The Morgan fingerprint density at radius 3 is 2.46 bits per heavy atom. The van der Waals surface area contributed by atoms with Crippen molar-refractivity contribution in [2.75, 3.05) is 36.4 Å². The molecule has 2 fully saturated rings. The number of pyridine rings is 1. The van der Waals surface area contributed by atoms with Gasteiger partial charge in [0.15, 0.2) is 0 Å². The van der Waals surface area contributed by atoms with E-state index < -0.39 is 17.7 Å². The first-order chi connectivity index (χ1) is 16.7. The highest BCUT2D eigenvalue weighted by Gasteiger charge is 2.37. The number of piperidine rings is 2. The number of hydrogen-bond acceptors (Lipinski definition) is 5. The molecule has 2 atom stereocenters. The summed E-state index contributed by atoms with van der Waals surface area (Å²) in [5, 5.41) is 2.90. The first kappa shape index (κ1) is 25.0. The molecule has 10 heteroatoms. The Labute approximate surface area is 202 Å². The third kappa shape index (κ3) is 6.30. The van der Waals surface area contributed by atoms with E-state index in [2.05, 4.69) is 15.2 Å². The molecule has 2 amide bonds. The van der Waals surface area contributed by atoms with Crippen molar-refractivity contribution in [2.24, 2.45) is 17.6 Å². The highest BCUT2D eigenvalue weighted by atomic mass is 19.4.